The molecule has 0 saturated carbocycles. The third-order valence-corrected chi connectivity index (χ3v) is 3.77. The lowest BCUT2D eigenvalue weighted by atomic mass is 10.0. The van der Waals surface area contributed by atoms with Crippen LogP contribution < -0.4 is 5.32 Å². The van der Waals surface area contributed by atoms with Crippen molar-refractivity contribution in [1.82, 2.24) is 5.32 Å². The van der Waals surface area contributed by atoms with Gasteiger partial charge in [0.05, 0.1) is 6.10 Å². The summed E-state index contributed by atoms with van der Waals surface area (Å²) in [7, 11) is 0. The van der Waals surface area contributed by atoms with Crippen molar-refractivity contribution < 1.29 is 4.74 Å². The molecule has 0 saturated heterocycles. The molecule has 0 fully saturated rings. The Morgan fingerprint density at radius 2 is 1.71 bits per heavy atom. The molecule has 0 bridgehead atoms. The van der Waals surface area contributed by atoms with Gasteiger partial charge in [0, 0.05) is 12.6 Å². The van der Waals surface area contributed by atoms with Gasteiger partial charge in [-0.1, -0.05) is 37.6 Å². The van der Waals surface area contributed by atoms with E-state index < -0.39 is 0 Å². The molecule has 0 aromatic heterocycles. The van der Waals surface area contributed by atoms with E-state index in [9.17, 15) is 0 Å². The van der Waals surface area contributed by atoms with Crippen LogP contribution in [0.3, 0.4) is 0 Å². The van der Waals surface area contributed by atoms with Gasteiger partial charge in [-0.3, -0.25) is 0 Å². The van der Waals surface area contributed by atoms with E-state index in [2.05, 4.69) is 57.3 Å². The summed E-state index contributed by atoms with van der Waals surface area (Å²) in [5.41, 5.74) is 2.84. The van der Waals surface area contributed by atoms with Crippen molar-refractivity contribution >= 4 is 0 Å². The summed E-state index contributed by atoms with van der Waals surface area (Å²) in [4.78, 5) is 0. The van der Waals surface area contributed by atoms with Gasteiger partial charge in [0.25, 0.3) is 0 Å². The van der Waals surface area contributed by atoms with Crippen molar-refractivity contribution in [1.29, 1.82) is 0 Å². The number of hydrogen-bond acceptors (Lipinski definition) is 2. The standard InChI is InChI=1S/C19H33NO/c1-5-6-9-18-10-12-19(13-11-18)17(4)20-14-7-8-15-21-16(2)3/h10-13,16-17,20H,5-9,14-15H2,1-4H3. The zero-order valence-electron chi connectivity index (χ0n) is 14.3. The summed E-state index contributed by atoms with van der Waals surface area (Å²) >= 11 is 0. The maximum Gasteiger partial charge on any atom is 0.0518 e. The summed E-state index contributed by atoms with van der Waals surface area (Å²) in [6, 6.07) is 9.52. The van der Waals surface area contributed by atoms with Crippen molar-refractivity contribution in [2.24, 2.45) is 0 Å². The number of unbranched alkanes of at least 4 members (excludes halogenated alkanes) is 2. The summed E-state index contributed by atoms with van der Waals surface area (Å²) in [5.74, 6) is 0. The zero-order valence-corrected chi connectivity index (χ0v) is 14.3. The van der Waals surface area contributed by atoms with Crippen LogP contribution in [0.15, 0.2) is 24.3 Å². The quantitative estimate of drug-likeness (QED) is 0.586. The monoisotopic (exact) mass is 291 g/mol. The first-order valence-corrected chi connectivity index (χ1v) is 8.57. The molecule has 1 N–H and O–H groups in total. The van der Waals surface area contributed by atoms with Crippen molar-refractivity contribution in [3.8, 4) is 0 Å². The summed E-state index contributed by atoms with van der Waals surface area (Å²) < 4.78 is 5.55. The Bertz CT molecular complexity index is 358. The second kappa shape index (κ2) is 10.8. The normalized spacial score (nSPS) is 12.8. The first-order chi connectivity index (χ1) is 10.1. The van der Waals surface area contributed by atoms with Crippen LogP contribution in [0.5, 0.6) is 0 Å². The largest absolute Gasteiger partial charge is 0.379 e. The topological polar surface area (TPSA) is 21.3 Å². The summed E-state index contributed by atoms with van der Waals surface area (Å²) in [6.45, 7) is 10.6. The van der Waals surface area contributed by atoms with Gasteiger partial charge in [-0.25, -0.2) is 0 Å². The Morgan fingerprint density at radius 1 is 1.00 bits per heavy atom. The predicted octanol–water partition coefficient (Wildman–Crippen LogP) is 4.89. The van der Waals surface area contributed by atoms with E-state index in [0.29, 0.717) is 12.1 Å². The predicted molar refractivity (Wildman–Crippen MR) is 91.8 cm³/mol. The van der Waals surface area contributed by atoms with E-state index >= 15 is 0 Å². The van der Waals surface area contributed by atoms with Gasteiger partial charge in [0.15, 0.2) is 0 Å². The molecule has 0 aliphatic rings. The van der Waals surface area contributed by atoms with Crippen LogP contribution in [0.2, 0.25) is 0 Å². The summed E-state index contributed by atoms with van der Waals surface area (Å²) in [5, 5.41) is 3.59. The van der Waals surface area contributed by atoms with Crippen LogP contribution in [0.25, 0.3) is 0 Å². The molecule has 1 atom stereocenters. The Morgan fingerprint density at radius 3 is 2.33 bits per heavy atom. The van der Waals surface area contributed by atoms with E-state index in [-0.39, 0.29) is 0 Å². The van der Waals surface area contributed by atoms with E-state index in [1.807, 2.05) is 0 Å². The Kier molecular flexibility index (Phi) is 9.36. The summed E-state index contributed by atoms with van der Waals surface area (Å²) in [6.07, 6.45) is 6.41. The fourth-order valence-corrected chi connectivity index (χ4v) is 2.34. The van der Waals surface area contributed by atoms with Gasteiger partial charge in [-0.2, -0.15) is 0 Å². The average molecular weight is 291 g/mol. The van der Waals surface area contributed by atoms with Crippen LogP contribution >= 0.6 is 0 Å². The molecule has 0 radical (unpaired) electrons. The average Bonchev–Trinajstić information content (AvgIpc) is 2.48. The molecule has 21 heavy (non-hydrogen) atoms. The molecule has 0 aliphatic carbocycles. The number of nitrogens with one attached hydrogen (secondary N) is 1. The number of benzene rings is 1. The zero-order chi connectivity index (χ0) is 15.5. The Balaban J connectivity index is 2.20. The SMILES string of the molecule is CCCCc1ccc(C(C)NCCCCOC(C)C)cc1. The minimum Gasteiger partial charge on any atom is -0.379 e. The number of rotatable bonds is 11. The molecule has 2 heteroatoms. The molecule has 1 aromatic rings. The number of hydrogen-bond donors (Lipinski definition) is 1. The van der Waals surface area contributed by atoms with Gasteiger partial charge in [0.1, 0.15) is 0 Å². The highest BCUT2D eigenvalue weighted by molar-refractivity contribution is 5.24. The number of ether oxygens (including phenoxy) is 1. The van der Waals surface area contributed by atoms with Crippen molar-refractivity contribution in [3.05, 3.63) is 35.4 Å². The fourth-order valence-electron chi connectivity index (χ4n) is 2.34. The van der Waals surface area contributed by atoms with Crippen molar-refractivity contribution in [3.63, 3.8) is 0 Å². The van der Waals surface area contributed by atoms with Crippen LogP contribution in [-0.4, -0.2) is 19.3 Å². The smallest absolute Gasteiger partial charge is 0.0518 e. The lowest BCUT2D eigenvalue weighted by Crippen LogP contribution is -2.20. The molecule has 1 unspecified atom stereocenters. The lowest BCUT2D eigenvalue weighted by Gasteiger charge is -2.15. The lowest BCUT2D eigenvalue weighted by molar-refractivity contribution is 0.0759. The maximum atomic E-state index is 5.55. The van der Waals surface area contributed by atoms with Gasteiger partial charge in [-0.15, -0.1) is 0 Å². The van der Waals surface area contributed by atoms with E-state index in [1.54, 1.807) is 0 Å². The first-order valence-electron chi connectivity index (χ1n) is 8.57. The van der Waals surface area contributed by atoms with E-state index in [0.717, 1.165) is 19.6 Å². The molecule has 1 aromatic carbocycles. The molecule has 0 aliphatic heterocycles. The van der Waals surface area contributed by atoms with Crippen molar-refractivity contribution in [2.75, 3.05) is 13.2 Å². The Labute approximate surface area is 131 Å². The van der Waals surface area contributed by atoms with Crippen LogP contribution in [0.4, 0.5) is 0 Å². The van der Waals surface area contributed by atoms with E-state index in [4.69, 9.17) is 4.74 Å². The van der Waals surface area contributed by atoms with E-state index in [1.165, 1.54) is 36.8 Å². The molecular formula is C19H33NO. The highest BCUT2D eigenvalue weighted by Crippen LogP contribution is 2.14. The molecule has 0 spiro atoms. The molecule has 120 valence electrons. The molecule has 1 rings (SSSR count). The first kappa shape index (κ1) is 18.2. The Hall–Kier alpha value is -0.860. The molecular weight excluding hydrogens is 258 g/mol. The number of aryl methyl sites for hydroxylation is 1. The van der Waals surface area contributed by atoms with Crippen LogP contribution in [0, 0.1) is 0 Å². The second-order valence-electron chi connectivity index (χ2n) is 6.15. The fraction of sp³-hybridized carbons (Fsp3) is 0.684. The highest BCUT2D eigenvalue weighted by Gasteiger charge is 2.04. The van der Waals surface area contributed by atoms with Gasteiger partial charge in [0.2, 0.25) is 0 Å². The third kappa shape index (κ3) is 8.23. The molecule has 0 heterocycles. The molecule has 0 amide bonds. The van der Waals surface area contributed by atoms with Gasteiger partial charge >= 0.3 is 0 Å². The minimum absolute atomic E-state index is 0.350. The van der Waals surface area contributed by atoms with Crippen LogP contribution in [0.1, 0.15) is 70.5 Å². The molecule has 2 nitrogen and oxygen atoms in total. The second-order valence-corrected chi connectivity index (χ2v) is 6.15. The van der Waals surface area contributed by atoms with Gasteiger partial charge in [-0.05, 0) is 64.1 Å². The van der Waals surface area contributed by atoms with Crippen LogP contribution in [-0.2, 0) is 11.2 Å². The van der Waals surface area contributed by atoms with Gasteiger partial charge < -0.3 is 10.1 Å². The highest BCUT2D eigenvalue weighted by atomic mass is 16.5. The third-order valence-electron chi connectivity index (χ3n) is 3.77. The minimum atomic E-state index is 0.350. The maximum absolute atomic E-state index is 5.55. The van der Waals surface area contributed by atoms with Crippen molar-refractivity contribution in [2.45, 2.75) is 71.9 Å².